The van der Waals surface area contributed by atoms with Crippen molar-refractivity contribution in [2.75, 3.05) is 0 Å². The summed E-state index contributed by atoms with van der Waals surface area (Å²) in [6.07, 6.45) is -6.95. The Morgan fingerprint density at radius 2 is 0.143 bits per heavy atom. The van der Waals surface area contributed by atoms with Gasteiger partial charge in [-0.15, -0.1) is 0 Å². The van der Waals surface area contributed by atoms with Crippen molar-refractivity contribution in [3.8, 4) is 0 Å². The second-order valence-electron chi connectivity index (χ2n) is 11.6. The van der Waals surface area contributed by atoms with Crippen molar-refractivity contribution in [1.82, 2.24) is 461 Å². The summed E-state index contributed by atoms with van der Waals surface area (Å²) in [5.41, 5.74) is 0. The minimum Gasteiger partial charge on any atom is -0.481 e. The van der Waals surface area contributed by atoms with Crippen LogP contribution < -0.4 is 461 Å². The van der Waals surface area contributed by atoms with E-state index in [1.54, 1.807) is 0 Å². The van der Waals surface area contributed by atoms with E-state index in [4.69, 9.17) is 88.6 Å². The van der Waals surface area contributed by atoms with Gasteiger partial charge in [0.15, 0.2) is 31.5 Å². The molecule has 0 radical (unpaired) electrons. The molecule has 0 rings (SSSR count). The molecule has 0 heterocycles. The molecule has 6 unspecified atom stereocenters. The van der Waals surface area contributed by atoms with Crippen molar-refractivity contribution in [2.45, 2.75) is 70.0 Å². The fourth-order valence-electron chi connectivity index (χ4n) is 2.87. The molecule has 0 saturated heterocycles. The number of carboxylic acids is 12. The van der Waals surface area contributed by atoms with Crippen molar-refractivity contribution < 1.29 is 197 Å². The Morgan fingerprint density at radius 3 is 0.150 bits per heavy atom. The maximum Gasteiger partial charge on any atom is 0.325 e. The predicted octanol–water partition coefficient (Wildman–Crippen LogP) is 4.96. The Morgan fingerprint density at radius 1 is 0.109 bits per heavy atom. The fraction of sp³-hybridized carbons (Fsp3) is 0.500. The first-order valence-electron chi connectivity index (χ1n) is 15.9. The van der Waals surface area contributed by atoms with E-state index in [2.05, 4.69) is 0 Å². The molecule has 0 aliphatic heterocycles. The summed E-state index contributed by atoms with van der Waals surface area (Å²) in [7, 11) is -29.0. The first-order chi connectivity index (χ1) is 31.5. The molecule has 147 heavy (non-hydrogen) atoms. The number of rotatable bonds is 24. The zero-order valence-corrected chi connectivity index (χ0v) is 91.9. The predicted molar refractivity (Wildman–Crippen MR) is 588 cm³/mol. The number of hydrogen-bond donors (Lipinski definition) is 93. The molecule has 117 nitrogen and oxygen atoms in total. The van der Waals surface area contributed by atoms with Gasteiger partial charge in [0.2, 0.25) is 0 Å². The van der Waals surface area contributed by atoms with Crippen LogP contribution in [0.5, 0.6) is 0 Å². The molecular weight excluding hydrogens is 2200 g/mol. The summed E-state index contributed by atoms with van der Waals surface area (Å²) in [5.74, 6) is -21.0. The van der Waals surface area contributed by atoms with E-state index in [0.29, 0.717) is 0 Å². The van der Waals surface area contributed by atoms with E-state index in [0.717, 1.165) is 0 Å². The van der Waals surface area contributed by atoms with Gasteiger partial charge in [-0.25, -0.2) is 0 Å². The summed E-state index contributed by atoms with van der Waals surface area (Å²) >= 11 is 0. The molecule has 0 aromatic heterocycles. The molecule has 0 aromatic rings. The van der Waals surface area contributed by atoms with E-state index in [-0.39, 0.29) is 461 Å². The molecule has 0 amide bonds. The number of aliphatic carboxylic acids is 12. The van der Waals surface area contributed by atoms with Gasteiger partial charge < -0.3 is 523 Å². The first-order valence-corrected chi connectivity index (χ1v) is 25.0. The highest BCUT2D eigenvalue weighted by molar-refractivity contribution is 7.88. The third-order valence-corrected chi connectivity index (χ3v) is 12.5. The van der Waals surface area contributed by atoms with Crippen molar-refractivity contribution in [3.05, 3.63) is 0 Å². The highest BCUT2D eigenvalue weighted by atomic mass is 32.2. The Labute approximate surface area is 858 Å². The van der Waals surface area contributed by atoms with Crippen LogP contribution in [0.15, 0.2) is 0 Å². The lowest BCUT2D eigenvalue weighted by atomic mass is 10.3. The Bertz CT molecular complexity index is 2360. The fourth-order valence-corrected chi connectivity index (χ4v) is 6.52. The quantitative estimate of drug-likeness (QED) is 0.0568. The Hall–Kier alpha value is -9.90. The monoisotopic (exact) mass is 2460 g/mol. The molecule has 243 N–H and O–H groups in total. The van der Waals surface area contributed by atoms with Crippen LogP contribution in [0.4, 0.5) is 0 Å². The van der Waals surface area contributed by atoms with Gasteiger partial charge in [0.25, 0.3) is 60.7 Å². The molecule has 0 spiro atoms. The van der Waals surface area contributed by atoms with Gasteiger partial charge >= 0.3 is 71.6 Å². The zero-order valence-electron chi connectivity index (χ0n) is 87.0. The topological polar surface area (TPSA) is 3400 Å². The van der Waals surface area contributed by atoms with Crippen LogP contribution in [0.25, 0.3) is 0 Å². The lowest BCUT2D eigenvalue weighted by Gasteiger charge is -2.04. The second-order valence-corrected chi connectivity index (χ2v) is 21.2. The molecule has 1020 valence electrons. The minimum absolute atomic E-state index is 0. The molecule has 6 atom stereocenters. The van der Waals surface area contributed by atoms with Crippen molar-refractivity contribution in [1.29, 1.82) is 0 Å². The number of hydrogen-bond acceptors (Lipinski definition) is 99. The molecule has 0 aliphatic carbocycles. The second kappa shape index (κ2) is 335. The standard InChI is InChI=1S/6C4H6O7S.75H3N/c6*5-3(6)1-2(4(7)8)12(9,10)11;;;;;;;;;;;;;;;;;;;;;;;;;;;;;;;;;;;;;;;;;;;;;;;;;;;;;;;;;;;;;;;;;;;;;;;;;;;/h6*2H,1H2,(H,5,6)(H,7,8)(H,9,10,11);75*1H3. The van der Waals surface area contributed by atoms with E-state index < -0.39 is 202 Å². The van der Waals surface area contributed by atoms with Crippen LogP contribution >= 0.6 is 0 Å². The minimum atomic E-state index is -4.84. The van der Waals surface area contributed by atoms with Crippen LogP contribution in [-0.4, -0.2) is 242 Å². The maximum absolute atomic E-state index is 10.2. The van der Waals surface area contributed by atoms with Gasteiger partial charge in [-0.1, -0.05) is 0 Å². The number of carbonyl (C=O) groups is 12. The maximum atomic E-state index is 10.2. The zero-order chi connectivity index (χ0) is 59.6. The van der Waals surface area contributed by atoms with Gasteiger partial charge in [-0.3, -0.25) is 84.9 Å². The van der Waals surface area contributed by atoms with Gasteiger partial charge in [-0.05, 0) is 0 Å². The molecule has 0 bridgehead atoms. The van der Waals surface area contributed by atoms with Gasteiger partial charge in [-0.2, -0.15) is 50.5 Å². The average molecular weight is 2470 g/mol. The van der Waals surface area contributed by atoms with Crippen LogP contribution in [0.2, 0.25) is 0 Å². The summed E-state index contributed by atoms with van der Waals surface area (Å²) in [4.78, 5) is 120. The molecule has 123 heteroatoms. The Balaban J connectivity index is -0.00000000408. The van der Waals surface area contributed by atoms with E-state index in [1.165, 1.54) is 0 Å². The van der Waals surface area contributed by atoms with Crippen molar-refractivity contribution in [3.63, 3.8) is 0 Å². The van der Waals surface area contributed by atoms with Crippen LogP contribution in [0.1, 0.15) is 38.5 Å². The summed E-state index contributed by atoms with van der Waals surface area (Å²) < 4.78 is 172. The SMILES string of the molecule is N.N.N.N.N.N.N.N.N.N.N.N.N.N.N.N.N.N.N.N.N.N.N.N.N.N.N.N.N.N.N.N.N.N.N.N.N.N.N.N.N.N.N.N.N.N.N.N.N.N.N.N.N.N.N.N.N.N.N.N.N.N.N.N.N.N.N.N.N.N.N.N.N.N.N.O=C(O)CC(C(=O)O)S(=O)(=O)O.O=C(O)CC(C(=O)O)S(=O)(=O)O.O=C(O)CC(C(=O)O)S(=O)(=O)O.O=C(O)CC(C(=O)O)S(=O)(=O)O.O=C(O)CC(C(=O)O)S(=O)(=O)O.O=C(O)CC(C(=O)O)S(=O)(=O)O. The highest BCUT2D eigenvalue weighted by Gasteiger charge is 2.37. The van der Waals surface area contributed by atoms with Gasteiger partial charge in [0.1, 0.15) is 0 Å². The van der Waals surface area contributed by atoms with Crippen molar-refractivity contribution in [2.24, 2.45) is 0 Å². The van der Waals surface area contributed by atoms with Crippen LogP contribution in [0, 0.1) is 0 Å². The molecular formula is C24H261N75O42S6. The lowest BCUT2D eigenvalue weighted by molar-refractivity contribution is -0.143. The van der Waals surface area contributed by atoms with E-state index in [1.807, 2.05) is 0 Å². The molecule has 0 aromatic carbocycles. The normalized spacial score (nSPS) is 6.73. The van der Waals surface area contributed by atoms with Crippen molar-refractivity contribution >= 4 is 132 Å². The van der Waals surface area contributed by atoms with E-state index in [9.17, 15) is 108 Å². The third kappa shape index (κ3) is 446. The smallest absolute Gasteiger partial charge is 0.325 e. The Kier molecular flexibility index (Phi) is 1840. The van der Waals surface area contributed by atoms with E-state index >= 15 is 0 Å². The van der Waals surface area contributed by atoms with Gasteiger partial charge in [0, 0.05) is 0 Å². The lowest BCUT2D eigenvalue weighted by Crippen LogP contribution is -2.31. The van der Waals surface area contributed by atoms with Gasteiger partial charge in [0.05, 0.1) is 38.5 Å². The number of carboxylic acid groups (broad SMARTS) is 12. The van der Waals surface area contributed by atoms with Crippen LogP contribution in [-0.2, 0) is 118 Å². The largest absolute Gasteiger partial charge is 0.481 e. The summed E-state index contributed by atoms with van der Waals surface area (Å²) in [5, 5.41) is 83.5. The average Bonchev–Trinajstić information content (AvgIpc) is 3.09. The molecule has 0 aliphatic rings. The highest BCUT2D eigenvalue weighted by Crippen LogP contribution is 2.08. The molecule has 0 saturated carbocycles. The third-order valence-electron chi connectivity index (χ3n) is 5.97. The first kappa shape index (κ1) is 807. The molecule has 0 fully saturated rings. The summed E-state index contributed by atoms with van der Waals surface area (Å²) in [6.45, 7) is 0. The van der Waals surface area contributed by atoms with Crippen LogP contribution in [0.3, 0.4) is 0 Å². The summed E-state index contributed by atoms with van der Waals surface area (Å²) in [6, 6.07) is 0.